The minimum Gasteiger partial charge on any atom is -0.399 e. The summed E-state index contributed by atoms with van der Waals surface area (Å²) < 4.78 is 0. The summed E-state index contributed by atoms with van der Waals surface area (Å²) in [5.74, 6) is 0. The lowest BCUT2D eigenvalue weighted by atomic mass is 10.0. The summed E-state index contributed by atoms with van der Waals surface area (Å²) in [6.07, 6.45) is 1.75. The lowest BCUT2D eigenvalue weighted by Gasteiger charge is -2.04. The van der Waals surface area contributed by atoms with Gasteiger partial charge in [0.1, 0.15) is 0 Å². The van der Waals surface area contributed by atoms with Gasteiger partial charge >= 0.3 is 0 Å². The first-order valence-corrected chi connectivity index (χ1v) is 5.85. The number of hydrogen-bond acceptors (Lipinski definition) is 2. The van der Waals surface area contributed by atoms with Crippen LogP contribution in [0.4, 0.5) is 5.69 Å². The van der Waals surface area contributed by atoms with Crippen LogP contribution < -0.4 is 5.73 Å². The van der Waals surface area contributed by atoms with E-state index in [2.05, 4.69) is 24.3 Å². The first-order valence-electron chi connectivity index (χ1n) is 5.85. The molecular formula is C15H17NO. The van der Waals surface area contributed by atoms with E-state index in [1.807, 2.05) is 24.3 Å². The molecule has 0 radical (unpaired) electrons. The third-order valence-corrected chi connectivity index (χ3v) is 2.82. The molecule has 88 valence electrons. The highest BCUT2D eigenvalue weighted by Crippen LogP contribution is 2.21. The molecule has 2 aromatic rings. The quantitative estimate of drug-likeness (QED) is 0.789. The number of hydrogen-bond donors (Lipinski definition) is 2. The molecule has 0 atom stereocenters. The number of nitrogen functional groups attached to an aromatic ring is 1. The zero-order valence-corrected chi connectivity index (χ0v) is 9.76. The van der Waals surface area contributed by atoms with E-state index in [0.29, 0.717) is 0 Å². The van der Waals surface area contributed by atoms with Gasteiger partial charge in [-0.05, 0) is 41.7 Å². The van der Waals surface area contributed by atoms with Crippen LogP contribution >= 0.6 is 0 Å². The van der Waals surface area contributed by atoms with E-state index >= 15 is 0 Å². The first-order chi connectivity index (χ1) is 8.29. The number of nitrogens with two attached hydrogens (primary N) is 1. The van der Waals surface area contributed by atoms with Gasteiger partial charge in [-0.2, -0.15) is 0 Å². The largest absolute Gasteiger partial charge is 0.399 e. The number of rotatable bonds is 4. The second kappa shape index (κ2) is 5.51. The van der Waals surface area contributed by atoms with Crippen LogP contribution in [0, 0.1) is 0 Å². The molecule has 0 saturated heterocycles. The van der Waals surface area contributed by atoms with Gasteiger partial charge in [-0.15, -0.1) is 0 Å². The lowest BCUT2D eigenvalue weighted by molar-refractivity contribution is 0.288. The van der Waals surface area contributed by atoms with Crippen LogP contribution in [-0.4, -0.2) is 11.7 Å². The smallest absolute Gasteiger partial charge is 0.0434 e. The average molecular weight is 227 g/mol. The Morgan fingerprint density at radius 2 is 1.35 bits per heavy atom. The molecule has 0 saturated carbocycles. The Kier molecular flexibility index (Phi) is 3.78. The maximum absolute atomic E-state index is 8.77. The van der Waals surface area contributed by atoms with Gasteiger partial charge in [-0.1, -0.05) is 36.4 Å². The van der Waals surface area contributed by atoms with Gasteiger partial charge in [-0.3, -0.25) is 0 Å². The molecule has 0 fully saturated rings. The number of aryl methyl sites for hydroxylation is 1. The Bertz CT molecular complexity index is 459. The van der Waals surface area contributed by atoms with Gasteiger partial charge in [0.25, 0.3) is 0 Å². The average Bonchev–Trinajstić information content (AvgIpc) is 2.38. The summed E-state index contributed by atoms with van der Waals surface area (Å²) in [5.41, 5.74) is 10.1. The van der Waals surface area contributed by atoms with Gasteiger partial charge in [-0.25, -0.2) is 0 Å². The molecule has 0 heterocycles. The van der Waals surface area contributed by atoms with E-state index in [4.69, 9.17) is 10.8 Å². The van der Waals surface area contributed by atoms with Crippen molar-refractivity contribution in [1.29, 1.82) is 0 Å². The van der Waals surface area contributed by atoms with Crippen LogP contribution in [-0.2, 0) is 6.42 Å². The fraction of sp³-hybridized carbons (Fsp3) is 0.200. The van der Waals surface area contributed by atoms with Crippen molar-refractivity contribution in [3.8, 4) is 11.1 Å². The van der Waals surface area contributed by atoms with Crippen LogP contribution in [0.25, 0.3) is 11.1 Å². The van der Waals surface area contributed by atoms with Crippen molar-refractivity contribution in [1.82, 2.24) is 0 Å². The van der Waals surface area contributed by atoms with Gasteiger partial charge in [0.2, 0.25) is 0 Å². The minimum absolute atomic E-state index is 0.250. The fourth-order valence-corrected chi connectivity index (χ4v) is 1.82. The molecule has 2 aromatic carbocycles. The van der Waals surface area contributed by atoms with Crippen molar-refractivity contribution in [2.75, 3.05) is 12.3 Å². The van der Waals surface area contributed by atoms with Crippen molar-refractivity contribution in [3.05, 3.63) is 54.1 Å². The van der Waals surface area contributed by atoms with Gasteiger partial charge in [0.05, 0.1) is 0 Å². The summed E-state index contributed by atoms with van der Waals surface area (Å²) >= 11 is 0. The maximum atomic E-state index is 8.77. The van der Waals surface area contributed by atoms with Crippen molar-refractivity contribution in [3.63, 3.8) is 0 Å². The summed E-state index contributed by atoms with van der Waals surface area (Å²) in [6, 6.07) is 16.3. The van der Waals surface area contributed by atoms with Crippen LogP contribution in [0.3, 0.4) is 0 Å². The SMILES string of the molecule is Nc1ccc(-c2ccc(CCCO)cc2)cc1. The second-order valence-electron chi connectivity index (χ2n) is 4.15. The van der Waals surface area contributed by atoms with Crippen LogP contribution in [0.15, 0.2) is 48.5 Å². The maximum Gasteiger partial charge on any atom is 0.0434 e. The van der Waals surface area contributed by atoms with Crippen LogP contribution in [0.2, 0.25) is 0 Å². The first kappa shape index (κ1) is 11.7. The molecule has 0 aliphatic rings. The normalized spacial score (nSPS) is 10.4. The van der Waals surface area contributed by atoms with E-state index in [1.54, 1.807) is 0 Å². The molecule has 2 nitrogen and oxygen atoms in total. The highest BCUT2D eigenvalue weighted by atomic mass is 16.2. The Morgan fingerprint density at radius 3 is 1.88 bits per heavy atom. The Hall–Kier alpha value is -1.80. The van der Waals surface area contributed by atoms with E-state index < -0.39 is 0 Å². The van der Waals surface area contributed by atoms with Gasteiger partial charge < -0.3 is 10.8 Å². The number of aliphatic hydroxyl groups excluding tert-OH is 1. The molecule has 2 heteroatoms. The molecule has 0 spiro atoms. The summed E-state index contributed by atoms with van der Waals surface area (Å²) in [5, 5.41) is 8.77. The second-order valence-corrected chi connectivity index (χ2v) is 4.15. The fourth-order valence-electron chi connectivity index (χ4n) is 1.82. The third kappa shape index (κ3) is 3.08. The van der Waals surface area contributed by atoms with E-state index in [-0.39, 0.29) is 6.61 Å². The van der Waals surface area contributed by atoms with E-state index in [1.165, 1.54) is 16.7 Å². The van der Waals surface area contributed by atoms with Crippen LogP contribution in [0.1, 0.15) is 12.0 Å². The number of benzene rings is 2. The predicted molar refractivity (Wildman–Crippen MR) is 71.7 cm³/mol. The zero-order valence-electron chi connectivity index (χ0n) is 9.76. The molecule has 0 amide bonds. The Balaban J connectivity index is 2.14. The van der Waals surface area contributed by atoms with Crippen molar-refractivity contribution >= 4 is 5.69 Å². The molecule has 3 N–H and O–H groups in total. The van der Waals surface area contributed by atoms with E-state index in [9.17, 15) is 0 Å². The summed E-state index contributed by atoms with van der Waals surface area (Å²) in [7, 11) is 0. The van der Waals surface area contributed by atoms with Crippen molar-refractivity contribution < 1.29 is 5.11 Å². The topological polar surface area (TPSA) is 46.2 Å². The number of aliphatic hydroxyl groups is 1. The number of anilines is 1. The predicted octanol–water partition coefficient (Wildman–Crippen LogP) is 2.86. The molecule has 0 unspecified atom stereocenters. The molecule has 0 bridgehead atoms. The van der Waals surface area contributed by atoms with Crippen LogP contribution in [0.5, 0.6) is 0 Å². The highest BCUT2D eigenvalue weighted by molar-refractivity contribution is 5.65. The summed E-state index contributed by atoms with van der Waals surface area (Å²) in [4.78, 5) is 0. The Morgan fingerprint density at radius 1 is 0.824 bits per heavy atom. The zero-order chi connectivity index (χ0) is 12.1. The molecule has 0 aliphatic carbocycles. The highest BCUT2D eigenvalue weighted by Gasteiger charge is 1.98. The lowest BCUT2D eigenvalue weighted by Crippen LogP contribution is -1.89. The molecular weight excluding hydrogens is 210 g/mol. The standard InChI is InChI=1S/C15H17NO/c16-15-9-7-14(8-10-15)13-5-3-12(4-6-13)2-1-11-17/h3-10,17H,1-2,11,16H2. The Labute approximate surface area is 102 Å². The van der Waals surface area contributed by atoms with Gasteiger partial charge in [0.15, 0.2) is 0 Å². The molecule has 2 rings (SSSR count). The summed E-state index contributed by atoms with van der Waals surface area (Å²) in [6.45, 7) is 0.250. The molecule has 0 aromatic heterocycles. The third-order valence-electron chi connectivity index (χ3n) is 2.82. The minimum atomic E-state index is 0.250. The monoisotopic (exact) mass is 227 g/mol. The van der Waals surface area contributed by atoms with Crippen molar-refractivity contribution in [2.45, 2.75) is 12.8 Å². The van der Waals surface area contributed by atoms with E-state index in [0.717, 1.165) is 18.5 Å². The molecule has 17 heavy (non-hydrogen) atoms. The molecule has 0 aliphatic heterocycles. The van der Waals surface area contributed by atoms with Crippen molar-refractivity contribution in [2.24, 2.45) is 0 Å². The van der Waals surface area contributed by atoms with Gasteiger partial charge in [0, 0.05) is 12.3 Å².